The van der Waals surface area contributed by atoms with Gasteiger partial charge in [-0.3, -0.25) is 0 Å². The van der Waals surface area contributed by atoms with Crippen molar-refractivity contribution in [2.24, 2.45) is 0 Å². The quantitative estimate of drug-likeness (QED) is 0.847. The number of aromatic amines is 1. The van der Waals surface area contributed by atoms with Gasteiger partial charge in [0, 0.05) is 19.2 Å². The number of hydrogen-bond donors (Lipinski definition) is 1. The molecule has 1 N–H and O–H groups in total. The number of nitrogens with one attached hydrogen (secondary N) is 1. The molecular formula is C12H17N5O2. The van der Waals surface area contributed by atoms with Crippen LogP contribution in [0.5, 0.6) is 0 Å². The highest BCUT2D eigenvalue weighted by Crippen LogP contribution is 2.19. The van der Waals surface area contributed by atoms with E-state index in [4.69, 9.17) is 4.74 Å². The molecule has 1 aliphatic heterocycles. The maximum absolute atomic E-state index is 11.9. The van der Waals surface area contributed by atoms with Gasteiger partial charge in [0.05, 0.1) is 18.9 Å². The normalized spacial score (nSPS) is 16.5. The van der Waals surface area contributed by atoms with E-state index in [2.05, 4.69) is 33.9 Å². The lowest BCUT2D eigenvalue weighted by atomic mass is 10.1. The first kappa shape index (κ1) is 12.2. The van der Waals surface area contributed by atoms with E-state index in [0.717, 1.165) is 18.8 Å². The monoisotopic (exact) mass is 263 g/mol. The zero-order valence-corrected chi connectivity index (χ0v) is 11.1. The van der Waals surface area contributed by atoms with Crippen LogP contribution < -0.4 is 10.6 Å². The molecule has 0 amide bonds. The summed E-state index contributed by atoms with van der Waals surface area (Å²) < 4.78 is 6.87. The predicted molar refractivity (Wildman–Crippen MR) is 70.7 cm³/mol. The topological polar surface area (TPSA) is 75.5 Å². The number of aromatic nitrogens is 4. The van der Waals surface area contributed by atoms with Crippen molar-refractivity contribution < 1.29 is 4.74 Å². The Bertz CT molecular complexity index is 639. The molecular weight excluding hydrogens is 246 g/mol. The van der Waals surface area contributed by atoms with E-state index >= 15 is 0 Å². The fourth-order valence-corrected chi connectivity index (χ4v) is 2.20. The van der Waals surface area contributed by atoms with Crippen molar-refractivity contribution in [1.29, 1.82) is 0 Å². The van der Waals surface area contributed by atoms with Gasteiger partial charge < -0.3 is 9.64 Å². The number of fused-ring (bicyclic) bond motifs is 1. The highest BCUT2D eigenvalue weighted by Gasteiger charge is 2.19. The van der Waals surface area contributed by atoms with Crippen LogP contribution in [0, 0.1) is 0 Å². The third-order valence-corrected chi connectivity index (χ3v) is 3.29. The Morgan fingerprint density at radius 3 is 2.79 bits per heavy atom. The third-order valence-electron chi connectivity index (χ3n) is 3.29. The molecule has 2 aromatic rings. The molecule has 102 valence electrons. The molecule has 1 aliphatic rings. The van der Waals surface area contributed by atoms with E-state index < -0.39 is 0 Å². The smallest absolute Gasteiger partial charge is 0.350 e. The summed E-state index contributed by atoms with van der Waals surface area (Å²) in [6.07, 6.45) is 0. The number of nitrogens with zero attached hydrogens (tertiary/aromatic N) is 4. The van der Waals surface area contributed by atoms with E-state index in [1.165, 1.54) is 4.40 Å². The first-order valence-electron chi connectivity index (χ1n) is 6.47. The van der Waals surface area contributed by atoms with Crippen LogP contribution in [-0.4, -0.2) is 45.9 Å². The first-order chi connectivity index (χ1) is 9.16. The number of H-pyrrole nitrogens is 1. The van der Waals surface area contributed by atoms with Gasteiger partial charge in [0.2, 0.25) is 5.95 Å². The number of morpholine rings is 1. The Labute approximate surface area is 110 Å². The van der Waals surface area contributed by atoms with E-state index in [0.29, 0.717) is 24.8 Å². The summed E-state index contributed by atoms with van der Waals surface area (Å²) in [6.45, 7) is 6.94. The average molecular weight is 263 g/mol. The third kappa shape index (κ3) is 2.10. The van der Waals surface area contributed by atoms with Crippen LogP contribution in [0.2, 0.25) is 0 Å². The summed E-state index contributed by atoms with van der Waals surface area (Å²) in [4.78, 5) is 18.6. The molecule has 7 nitrogen and oxygen atoms in total. The van der Waals surface area contributed by atoms with Gasteiger partial charge in [-0.15, -0.1) is 0 Å². The van der Waals surface area contributed by atoms with Crippen LogP contribution >= 0.6 is 0 Å². The molecule has 7 heteroatoms. The summed E-state index contributed by atoms with van der Waals surface area (Å²) in [6, 6.07) is 1.85. The minimum absolute atomic E-state index is 0.251. The molecule has 2 aromatic heterocycles. The Morgan fingerprint density at radius 1 is 1.37 bits per heavy atom. The Hall–Kier alpha value is -1.89. The minimum Gasteiger partial charge on any atom is -0.378 e. The van der Waals surface area contributed by atoms with Gasteiger partial charge in [0.25, 0.3) is 0 Å². The second kappa shape index (κ2) is 4.65. The highest BCUT2D eigenvalue weighted by molar-refractivity contribution is 5.48. The fourth-order valence-electron chi connectivity index (χ4n) is 2.20. The zero-order chi connectivity index (χ0) is 13.4. The molecule has 3 rings (SSSR count). The minimum atomic E-state index is -0.251. The lowest BCUT2D eigenvalue weighted by Crippen LogP contribution is -2.39. The van der Waals surface area contributed by atoms with Gasteiger partial charge in [0.15, 0.2) is 5.65 Å². The van der Waals surface area contributed by atoms with Crippen LogP contribution in [0.3, 0.4) is 0 Å². The Kier molecular flexibility index (Phi) is 2.98. The standard InChI is InChI=1S/C12H17N5O2/c1-8(2)9-7-10-14-15-12(18)17(10)11(13-9)16-3-5-19-6-4-16/h7-8H,3-6H2,1-2H3,(H,15,18). The van der Waals surface area contributed by atoms with Crippen LogP contribution in [-0.2, 0) is 4.74 Å². The average Bonchev–Trinajstić information content (AvgIpc) is 2.80. The van der Waals surface area contributed by atoms with Crippen molar-refractivity contribution in [1.82, 2.24) is 19.6 Å². The maximum Gasteiger partial charge on any atom is 0.350 e. The predicted octanol–water partition coefficient (Wildman–Crippen LogP) is 0.378. The van der Waals surface area contributed by atoms with Crippen LogP contribution in [0.15, 0.2) is 10.9 Å². The molecule has 0 spiro atoms. The Balaban J connectivity index is 2.18. The number of ether oxygens (including phenoxy) is 1. The van der Waals surface area contributed by atoms with E-state index in [-0.39, 0.29) is 11.6 Å². The molecule has 0 aromatic carbocycles. The summed E-state index contributed by atoms with van der Waals surface area (Å²) in [5.74, 6) is 0.944. The highest BCUT2D eigenvalue weighted by atomic mass is 16.5. The molecule has 1 saturated heterocycles. The molecule has 19 heavy (non-hydrogen) atoms. The first-order valence-corrected chi connectivity index (χ1v) is 6.47. The molecule has 0 aliphatic carbocycles. The van der Waals surface area contributed by atoms with Crippen molar-refractivity contribution in [3.05, 3.63) is 22.2 Å². The summed E-state index contributed by atoms with van der Waals surface area (Å²) in [7, 11) is 0. The summed E-state index contributed by atoms with van der Waals surface area (Å²) >= 11 is 0. The maximum atomic E-state index is 11.9. The number of anilines is 1. The molecule has 0 bridgehead atoms. The van der Waals surface area contributed by atoms with Crippen LogP contribution in [0.25, 0.3) is 5.65 Å². The second-order valence-electron chi connectivity index (χ2n) is 4.96. The molecule has 3 heterocycles. The van der Waals surface area contributed by atoms with Crippen molar-refractivity contribution in [2.45, 2.75) is 19.8 Å². The van der Waals surface area contributed by atoms with Crippen molar-refractivity contribution >= 4 is 11.6 Å². The van der Waals surface area contributed by atoms with Crippen LogP contribution in [0.1, 0.15) is 25.5 Å². The largest absolute Gasteiger partial charge is 0.378 e. The lowest BCUT2D eigenvalue weighted by molar-refractivity contribution is 0.122. The molecule has 0 unspecified atom stereocenters. The fraction of sp³-hybridized carbons (Fsp3) is 0.583. The van der Waals surface area contributed by atoms with Gasteiger partial charge in [-0.2, -0.15) is 5.10 Å². The van der Waals surface area contributed by atoms with Gasteiger partial charge in [-0.05, 0) is 5.92 Å². The van der Waals surface area contributed by atoms with Crippen molar-refractivity contribution in [3.8, 4) is 0 Å². The molecule has 0 radical (unpaired) electrons. The lowest BCUT2D eigenvalue weighted by Gasteiger charge is -2.28. The van der Waals surface area contributed by atoms with E-state index in [1.54, 1.807) is 0 Å². The van der Waals surface area contributed by atoms with Crippen molar-refractivity contribution in [3.63, 3.8) is 0 Å². The summed E-state index contributed by atoms with van der Waals surface area (Å²) in [5.41, 5.74) is 1.30. The molecule has 1 fully saturated rings. The number of rotatable bonds is 2. The molecule has 0 saturated carbocycles. The van der Waals surface area contributed by atoms with Gasteiger partial charge in [-0.25, -0.2) is 19.3 Å². The second-order valence-corrected chi connectivity index (χ2v) is 4.96. The molecule has 0 atom stereocenters. The van der Waals surface area contributed by atoms with Crippen molar-refractivity contribution in [2.75, 3.05) is 31.2 Å². The van der Waals surface area contributed by atoms with Gasteiger partial charge >= 0.3 is 5.69 Å². The van der Waals surface area contributed by atoms with E-state index in [9.17, 15) is 4.79 Å². The van der Waals surface area contributed by atoms with Gasteiger partial charge in [-0.1, -0.05) is 13.8 Å². The zero-order valence-electron chi connectivity index (χ0n) is 11.1. The van der Waals surface area contributed by atoms with Crippen LogP contribution in [0.4, 0.5) is 5.95 Å². The summed E-state index contributed by atoms with van der Waals surface area (Å²) in [5, 5.41) is 6.53. The van der Waals surface area contributed by atoms with Gasteiger partial charge in [0.1, 0.15) is 0 Å². The SMILES string of the molecule is CC(C)c1cc2n[nH]c(=O)n2c(N2CCOCC2)n1. The Morgan fingerprint density at radius 2 is 2.11 bits per heavy atom. The van der Waals surface area contributed by atoms with E-state index in [1.807, 2.05) is 6.07 Å². The number of hydrogen-bond acceptors (Lipinski definition) is 5.